The van der Waals surface area contributed by atoms with Gasteiger partial charge >= 0.3 is 0 Å². The van der Waals surface area contributed by atoms with E-state index in [-0.39, 0.29) is 17.5 Å². The molecule has 9 nitrogen and oxygen atoms in total. The number of ether oxygens (including phenoxy) is 1. The summed E-state index contributed by atoms with van der Waals surface area (Å²) < 4.78 is 12.4. The standard InChI is InChI=1S/C28H27N5O4/c1-18-7-8-21(27(35)32(3)12-13-36-4)14-23(18)31-28-30-17-25(37-28)20-9-10-22(16-29)24(15-20)33-11-5-6-19(2)26(33)34/h5-11,14-15,17H,12-13H2,1-4H3,(H,30,31). The van der Waals surface area contributed by atoms with E-state index < -0.39 is 0 Å². The second-order valence-electron chi connectivity index (χ2n) is 8.61. The van der Waals surface area contributed by atoms with Gasteiger partial charge in [0.1, 0.15) is 6.07 Å². The Labute approximate surface area is 214 Å². The quantitative estimate of drug-likeness (QED) is 0.383. The molecule has 0 spiro atoms. The number of amides is 1. The number of pyridine rings is 1. The molecule has 0 saturated heterocycles. The van der Waals surface area contributed by atoms with Crippen LogP contribution >= 0.6 is 0 Å². The number of oxazole rings is 1. The number of anilines is 2. The Morgan fingerprint density at radius 3 is 2.76 bits per heavy atom. The van der Waals surface area contributed by atoms with Crippen LogP contribution in [0.1, 0.15) is 27.0 Å². The fourth-order valence-corrected chi connectivity index (χ4v) is 3.79. The van der Waals surface area contributed by atoms with Crippen molar-refractivity contribution in [3.05, 3.63) is 93.5 Å². The number of benzene rings is 2. The molecule has 0 atom stereocenters. The molecule has 0 aliphatic rings. The summed E-state index contributed by atoms with van der Waals surface area (Å²) in [5, 5.41) is 12.7. The molecule has 1 amide bonds. The van der Waals surface area contributed by atoms with Gasteiger partial charge in [0.25, 0.3) is 17.5 Å². The normalized spacial score (nSPS) is 10.7. The average molecular weight is 498 g/mol. The summed E-state index contributed by atoms with van der Waals surface area (Å²) in [7, 11) is 3.32. The van der Waals surface area contributed by atoms with E-state index in [9.17, 15) is 14.9 Å². The van der Waals surface area contributed by atoms with E-state index in [0.717, 1.165) is 5.56 Å². The third kappa shape index (κ3) is 5.44. The molecule has 0 radical (unpaired) electrons. The van der Waals surface area contributed by atoms with Crippen LogP contribution in [0, 0.1) is 25.2 Å². The number of nitrogens with zero attached hydrogens (tertiary/aromatic N) is 4. The minimum atomic E-state index is -0.200. The van der Waals surface area contributed by atoms with Crippen LogP contribution in [0.3, 0.4) is 0 Å². The topological polar surface area (TPSA) is 113 Å². The lowest BCUT2D eigenvalue weighted by Crippen LogP contribution is -2.29. The van der Waals surface area contributed by atoms with Gasteiger partial charge < -0.3 is 19.4 Å². The summed E-state index contributed by atoms with van der Waals surface area (Å²) in [6.07, 6.45) is 3.20. The lowest BCUT2D eigenvalue weighted by Gasteiger charge is -2.17. The second kappa shape index (κ2) is 10.9. The Hall–Kier alpha value is -4.68. The highest BCUT2D eigenvalue weighted by Gasteiger charge is 2.16. The number of methoxy groups -OCH3 is 1. The van der Waals surface area contributed by atoms with Crippen molar-refractivity contribution in [3.63, 3.8) is 0 Å². The van der Waals surface area contributed by atoms with Gasteiger partial charge in [0.15, 0.2) is 5.76 Å². The monoisotopic (exact) mass is 497 g/mol. The first-order valence-electron chi connectivity index (χ1n) is 11.6. The predicted molar refractivity (Wildman–Crippen MR) is 140 cm³/mol. The van der Waals surface area contributed by atoms with E-state index in [1.165, 1.54) is 4.57 Å². The number of likely N-dealkylation sites (N-methyl/N-ethyl adjacent to an activating group) is 1. The van der Waals surface area contributed by atoms with Crippen molar-refractivity contribution in [2.75, 3.05) is 32.6 Å². The summed E-state index contributed by atoms with van der Waals surface area (Å²) in [5.74, 6) is 0.336. The molecule has 0 fully saturated rings. The summed E-state index contributed by atoms with van der Waals surface area (Å²) in [4.78, 5) is 31.4. The molecule has 2 heterocycles. The van der Waals surface area contributed by atoms with Crippen LogP contribution < -0.4 is 10.9 Å². The van der Waals surface area contributed by atoms with Gasteiger partial charge in [-0.15, -0.1) is 0 Å². The molecule has 2 aromatic heterocycles. The molecule has 0 bridgehead atoms. The second-order valence-corrected chi connectivity index (χ2v) is 8.61. The Bertz CT molecular complexity index is 1550. The molecule has 9 heteroatoms. The molecular weight excluding hydrogens is 470 g/mol. The van der Waals surface area contributed by atoms with Crippen molar-refractivity contribution < 1.29 is 13.9 Å². The highest BCUT2D eigenvalue weighted by molar-refractivity contribution is 5.95. The van der Waals surface area contributed by atoms with E-state index in [0.29, 0.717) is 52.5 Å². The highest BCUT2D eigenvalue weighted by atomic mass is 16.5. The molecule has 0 saturated carbocycles. The molecule has 2 aromatic carbocycles. The maximum atomic E-state index is 12.8. The Balaban J connectivity index is 1.61. The zero-order chi connectivity index (χ0) is 26.5. The van der Waals surface area contributed by atoms with E-state index in [2.05, 4.69) is 16.4 Å². The molecule has 4 rings (SSSR count). The van der Waals surface area contributed by atoms with Crippen LogP contribution in [0.2, 0.25) is 0 Å². The summed E-state index contributed by atoms with van der Waals surface area (Å²) in [5.41, 5.74) is 3.97. The van der Waals surface area contributed by atoms with Crippen molar-refractivity contribution >= 4 is 17.6 Å². The van der Waals surface area contributed by atoms with E-state index in [1.54, 1.807) is 80.8 Å². The van der Waals surface area contributed by atoms with Crippen LogP contribution in [-0.4, -0.2) is 47.7 Å². The fourth-order valence-electron chi connectivity index (χ4n) is 3.79. The molecule has 4 aromatic rings. The zero-order valence-electron chi connectivity index (χ0n) is 21.1. The van der Waals surface area contributed by atoms with Gasteiger partial charge in [0.2, 0.25) is 0 Å². The third-order valence-electron chi connectivity index (χ3n) is 6.01. The van der Waals surface area contributed by atoms with E-state index >= 15 is 0 Å². The van der Waals surface area contributed by atoms with Crippen LogP contribution in [-0.2, 0) is 4.74 Å². The Kier molecular flexibility index (Phi) is 7.51. The minimum Gasteiger partial charge on any atom is -0.423 e. The highest BCUT2D eigenvalue weighted by Crippen LogP contribution is 2.29. The van der Waals surface area contributed by atoms with Crippen LogP contribution in [0.4, 0.5) is 11.7 Å². The van der Waals surface area contributed by atoms with Gasteiger partial charge in [0, 0.05) is 49.3 Å². The van der Waals surface area contributed by atoms with Crippen molar-refractivity contribution in [1.29, 1.82) is 5.26 Å². The molecule has 1 N–H and O–H groups in total. The van der Waals surface area contributed by atoms with Crippen molar-refractivity contribution in [2.24, 2.45) is 0 Å². The number of nitrogens with one attached hydrogen (secondary N) is 1. The number of hydrogen-bond donors (Lipinski definition) is 1. The summed E-state index contributed by atoms with van der Waals surface area (Å²) in [6, 6.07) is 16.4. The van der Waals surface area contributed by atoms with Crippen molar-refractivity contribution in [1.82, 2.24) is 14.5 Å². The van der Waals surface area contributed by atoms with Crippen LogP contribution in [0.5, 0.6) is 0 Å². The zero-order valence-corrected chi connectivity index (χ0v) is 21.1. The Morgan fingerprint density at radius 1 is 1.19 bits per heavy atom. The van der Waals surface area contributed by atoms with E-state index in [4.69, 9.17) is 9.15 Å². The lowest BCUT2D eigenvalue weighted by atomic mass is 10.1. The van der Waals surface area contributed by atoms with Gasteiger partial charge in [-0.25, -0.2) is 4.98 Å². The maximum Gasteiger partial charge on any atom is 0.299 e. The third-order valence-corrected chi connectivity index (χ3v) is 6.01. The number of carbonyl (C=O) groups excluding carboxylic acids is 1. The van der Waals surface area contributed by atoms with Gasteiger partial charge in [-0.3, -0.25) is 14.2 Å². The summed E-state index contributed by atoms with van der Waals surface area (Å²) >= 11 is 0. The number of aryl methyl sites for hydroxylation is 2. The van der Waals surface area contributed by atoms with Crippen molar-refractivity contribution in [3.8, 4) is 23.1 Å². The van der Waals surface area contributed by atoms with Crippen molar-refractivity contribution in [2.45, 2.75) is 13.8 Å². The molecule has 37 heavy (non-hydrogen) atoms. The summed E-state index contributed by atoms with van der Waals surface area (Å²) in [6.45, 7) is 4.58. The number of carbonyl (C=O) groups is 1. The maximum absolute atomic E-state index is 12.8. The number of rotatable bonds is 8. The predicted octanol–water partition coefficient (Wildman–Crippen LogP) is 4.44. The van der Waals surface area contributed by atoms with Crippen LogP contribution in [0.15, 0.2) is 70.1 Å². The molecule has 188 valence electrons. The van der Waals surface area contributed by atoms with Gasteiger partial charge in [-0.1, -0.05) is 12.1 Å². The first-order chi connectivity index (χ1) is 17.8. The fraction of sp³-hybridized carbons (Fsp3) is 0.214. The minimum absolute atomic E-state index is 0.121. The molecular formula is C28H27N5O4. The number of nitriles is 1. The first kappa shape index (κ1) is 25.4. The lowest BCUT2D eigenvalue weighted by molar-refractivity contribution is 0.0744. The first-order valence-corrected chi connectivity index (χ1v) is 11.6. The SMILES string of the molecule is COCCN(C)C(=O)c1ccc(C)c(Nc2ncc(-c3ccc(C#N)c(-n4cccc(C)c4=O)c3)o2)c1. The van der Waals surface area contributed by atoms with E-state index in [1.807, 2.05) is 13.0 Å². The molecule has 0 aliphatic heterocycles. The largest absolute Gasteiger partial charge is 0.423 e. The number of aromatic nitrogens is 2. The molecule has 0 aliphatic carbocycles. The van der Waals surface area contributed by atoms with Gasteiger partial charge in [-0.2, -0.15) is 5.26 Å². The van der Waals surface area contributed by atoms with Gasteiger partial charge in [0.05, 0.1) is 24.1 Å². The van der Waals surface area contributed by atoms with Crippen LogP contribution in [0.25, 0.3) is 17.0 Å². The number of hydrogen-bond acceptors (Lipinski definition) is 7. The van der Waals surface area contributed by atoms with Gasteiger partial charge in [-0.05, 0) is 55.8 Å². The average Bonchev–Trinajstić information content (AvgIpc) is 3.38. The smallest absolute Gasteiger partial charge is 0.299 e. The molecule has 0 unspecified atom stereocenters. The Morgan fingerprint density at radius 2 is 2.00 bits per heavy atom.